The average Bonchev–Trinajstić information content (AvgIpc) is 2.93. The van der Waals surface area contributed by atoms with Crippen LogP contribution in [0.15, 0.2) is 66.7 Å². The Bertz CT molecular complexity index is 1200. The highest BCUT2D eigenvalue weighted by atomic mass is 16.4. The number of fused-ring (bicyclic) bond motifs is 2. The van der Waals surface area contributed by atoms with Gasteiger partial charge in [0.1, 0.15) is 5.82 Å². The number of nitrogens with one attached hydrogen (secondary N) is 1. The minimum atomic E-state index is -0.926. The largest absolute Gasteiger partial charge is 0.478 e. The van der Waals surface area contributed by atoms with Gasteiger partial charge in [-0.3, -0.25) is 0 Å². The van der Waals surface area contributed by atoms with Gasteiger partial charge in [0.15, 0.2) is 0 Å². The Kier molecular flexibility index (Phi) is 4.28. The number of nitrogens with zero attached hydrogens (tertiary/aromatic N) is 2. The van der Waals surface area contributed by atoms with Gasteiger partial charge in [0.05, 0.1) is 16.9 Å². The zero-order valence-electron chi connectivity index (χ0n) is 15.9. The summed E-state index contributed by atoms with van der Waals surface area (Å²) < 4.78 is 1.92. The molecule has 0 radical (unpaired) electrons. The van der Waals surface area contributed by atoms with Gasteiger partial charge in [0.2, 0.25) is 0 Å². The van der Waals surface area contributed by atoms with Crippen LogP contribution in [-0.4, -0.2) is 27.4 Å². The number of hydrogen-bond acceptors (Lipinski definition) is 3. The van der Waals surface area contributed by atoms with Gasteiger partial charge in [0.25, 0.3) is 0 Å². The Balaban J connectivity index is 1.72. The zero-order chi connectivity index (χ0) is 19.8. The van der Waals surface area contributed by atoms with Gasteiger partial charge >= 0.3 is 5.97 Å². The number of carboxylic acid groups (broad SMARTS) is 1. The second kappa shape index (κ2) is 7.09. The van der Waals surface area contributed by atoms with Crippen molar-refractivity contribution in [2.75, 3.05) is 11.9 Å². The molecule has 4 aromatic rings. The summed E-state index contributed by atoms with van der Waals surface area (Å²) in [5, 5.41) is 20.1. The molecule has 144 valence electrons. The molecule has 1 aliphatic heterocycles. The highest BCUT2D eigenvalue weighted by molar-refractivity contribution is 5.97. The van der Waals surface area contributed by atoms with Crippen molar-refractivity contribution >= 4 is 22.6 Å². The van der Waals surface area contributed by atoms with Crippen molar-refractivity contribution in [1.29, 1.82) is 0 Å². The molecular weight excluding hydrogens is 362 g/mol. The quantitative estimate of drug-likeness (QED) is 0.514. The fourth-order valence-corrected chi connectivity index (χ4v) is 4.08. The van der Waals surface area contributed by atoms with Gasteiger partial charge < -0.3 is 10.4 Å². The fraction of sp³-hybridized carbons (Fsp3) is 0.167. The Morgan fingerprint density at radius 2 is 1.76 bits per heavy atom. The molecule has 2 heterocycles. The van der Waals surface area contributed by atoms with E-state index in [-0.39, 0.29) is 5.56 Å². The maximum absolute atomic E-state index is 11.2. The molecule has 0 unspecified atom stereocenters. The van der Waals surface area contributed by atoms with Gasteiger partial charge in [-0.05, 0) is 54.3 Å². The van der Waals surface area contributed by atoms with E-state index in [1.807, 2.05) is 16.8 Å². The lowest BCUT2D eigenvalue weighted by Gasteiger charge is -2.09. The van der Waals surface area contributed by atoms with Crippen molar-refractivity contribution in [1.82, 2.24) is 9.78 Å². The molecule has 0 spiro atoms. The predicted molar refractivity (Wildman–Crippen MR) is 115 cm³/mol. The van der Waals surface area contributed by atoms with Crippen molar-refractivity contribution in [2.45, 2.75) is 19.3 Å². The lowest BCUT2D eigenvalue weighted by Crippen LogP contribution is -2.07. The molecule has 0 amide bonds. The van der Waals surface area contributed by atoms with Crippen molar-refractivity contribution in [3.63, 3.8) is 0 Å². The van der Waals surface area contributed by atoms with Crippen molar-refractivity contribution in [3.8, 4) is 16.9 Å². The molecule has 0 fully saturated rings. The first-order valence-corrected chi connectivity index (χ1v) is 9.90. The normalized spacial score (nSPS) is 13.5. The Morgan fingerprint density at radius 3 is 2.59 bits per heavy atom. The molecule has 1 aromatic heterocycles. The molecule has 5 heteroatoms. The third-order valence-electron chi connectivity index (χ3n) is 5.53. The predicted octanol–water partition coefficient (Wildman–Crippen LogP) is 5.14. The maximum Gasteiger partial charge on any atom is 0.335 e. The van der Waals surface area contributed by atoms with Gasteiger partial charge in [-0.15, -0.1) is 0 Å². The van der Waals surface area contributed by atoms with Gasteiger partial charge in [0, 0.05) is 17.7 Å². The Hall–Kier alpha value is -3.60. The summed E-state index contributed by atoms with van der Waals surface area (Å²) >= 11 is 0. The summed E-state index contributed by atoms with van der Waals surface area (Å²) in [4.78, 5) is 11.2. The van der Waals surface area contributed by atoms with E-state index in [0.29, 0.717) is 0 Å². The summed E-state index contributed by atoms with van der Waals surface area (Å²) in [5.74, 6) is 0.0823. The summed E-state index contributed by atoms with van der Waals surface area (Å²) in [5.41, 5.74) is 4.47. The average molecular weight is 383 g/mol. The summed E-state index contributed by atoms with van der Waals surface area (Å²) in [6.07, 6.45) is 3.19. The highest BCUT2D eigenvalue weighted by Crippen LogP contribution is 2.37. The minimum Gasteiger partial charge on any atom is -0.478 e. The van der Waals surface area contributed by atoms with Crippen molar-refractivity contribution < 1.29 is 9.90 Å². The van der Waals surface area contributed by atoms with Crippen LogP contribution in [0.1, 0.15) is 28.8 Å². The van der Waals surface area contributed by atoms with Crippen LogP contribution in [0.4, 0.5) is 5.82 Å². The van der Waals surface area contributed by atoms with E-state index in [2.05, 4.69) is 47.8 Å². The summed E-state index contributed by atoms with van der Waals surface area (Å²) in [7, 11) is 0. The number of benzene rings is 3. The molecule has 0 bridgehead atoms. The number of aromatic carboxylic acids is 1. The number of anilines is 1. The van der Waals surface area contributed by atoms with Crippen molar-refractivity contribution in [3.05, 3.63) is 77.9 Å². The van der Waals surface area contributed by atoms with Crippen LogP contribution in [0.5, 0.6) is 0 Å². The molecule has 5 nitrogen and oxygen atoms in total. The van der Waals surface area contributed by atoms with E-state index >= 15 is 0 Å². The van der Waals surface area contributed by atoms with Crippen LogP contribution in [0.2, 0.25) is 0 Å². The van der Waals surface area contributed by atoms with E-state index < -0.39 is 5.97 Å². The Labute approximate surface area is 168 Å². The minimum absolute atomic E-state index is 0.272. The molecule has 0 aliphatic carbocycles. The third kappa shape index (κ3) is 3.05. The van der Waals surface area contributed by atoms with Crippen molar-refractivity contribution in [2.24, 2.45) is 0 Å². The van der Waals surface area contributed by atoms with E-state index in [9.17, 15) is 9.90 Å². The van der Waals surface area contributed by atoms with Gasteiger partial charge in [-0.2, -0.15) is 5.10 Å². The highest BCUT2D eigenvalue weighted by Gasteiger charge is 2.22. The molecule has 3 aromatic carbocycles. The monoisotopic (exact) mass is 383 g/mol. The number of hydrogen-bond donors (Lipinski definition) is 2. The van der Waals surface area contributed by atoms with E-state index in [1.165, 1.54) is 16.3 Å². The number of carboxylic acids is 1. The smallest absolute Gasteiger partial charge is 0.335 e. The van der Waals surface area contributed by atoms with Crippen LogP contribution >= 0.6 is 0 Å². The van der Waals surface area contributed by atoms with Gasteiger partial charge in [-0.1, -0.05) is 42.5 Å². The standard InChI is InChI=1S/C24H21N3O2/c28-24(29)17-11-13-18(14-12-17)27-23-21(9-3-4-15-25-23)22(26-27)20-10-5-7-16-6-1-2-8-19(16)20/h1-2,5-8,10-14,25H,3-4,9,15H2,(H,28,29). The summed E-state index contributed by atoms with van der Waals surface area (Å²) in [6.45, 7) is 0.904. The van der Waals surface area contributed by atoms with E-state index in [4.69, 9.17) is 5.10 Å². The van der Waals surface area contributed by atoms with E-state index in [1.54, 1.807) is 12.1 Å². The lowest BCUT2D eigenvalue weighted by molar-refractivity contribution is 0.0697. The zero-order valence-corrected chi connectivity index (χ0v) is 15.9. The first-order valence-electron chi connectivity index (χ1n) is 9.90. The molecule has 29 heavy (non-hydrogen) atoms. The van der Waals surface area contributed by atoms with Crippen LogP contribution in [0, 0.1) is 0 Å². The molecular formula is C24H21N3O2. The van der Waals surface area contributed by atoms with Crippen LogP contribution in [0.3, 0.4) is 0 Å². The molecule has 0 saturated heterocycles. The molecule has 0 atom stereocenters. The molecule has 5 rings (SSSR count). The second-order valence-corrected chi connectivity index (χ2v) is 7.35. The topological polar surface area (TPSA) is 67.1 Å². The second-order valence-electron chi connectivity index (χ2n) is 7.35. The summed E-state index contributed by atoms with van der Waals surface area (Å²) in [6, 6.07) is 21.6. The first kappa shape index (κ1) is 17.5. The number of rotatable bonds is 3. The van der Waals surface area contributed by atoms with Crippen LogP contribution in [-0.2, 0) is 6.42 Å². The number of aromatic nitrogens is 2. The SMILES string of the molecule is O=C(O)c1ccc(-n2nc(-c3cccc4ccccc34)c3c2NCCCC3)cc1. The van der Waals surface area contributed by atoms with Crippen LogP contribution in [0.25, 0.3) is 27.7 Å². The van der Waals surface area contributed by atoms with Gasteiger partial charge in [-0.25, -0.2) is 9.48 Å². The lowest BCUT2D eigenvalue weighted by atomic mass is 9.98. The Morgan fingerprint density at radius 1 is 0.966 bits per heavy atom. The third-order valence-corrected chi connectivity index (χ3v) is 5.53. The molecule has 1 aliphatic rings. The fourth-order valence-electron chi connectivity index (χ4n) is 4.08. The van der Waals surface area contributed by atoms with Crippen LogP contribution < -0.4 is 5.32 Å². The van der Waals surface area contributed by atoms with E-state index in [0.717, 1.165) is 48.6 Å². The number of carbonyl (C=O) groups is 1. The maximum atomic E-state index is 11.2. The molecule has 0 saturated carbocycles. The molecule has 2 N–H and O–H groups in total. The first-order chi connectivity index (χ1) is 14.2.